The number of carbonyl (C=O) groups is 1. The Balaban J connectivity index is 1.84. The van der Waals surface area contributed by atoms with Crippen LogP contribution in [0.3, 0.4) is 0 Å². The van der Waals surface area contributed by atoms with Crippen LogP contribution in [0.2, 0.25) is 0 Å². The molecular formula is C13H16O3. The van der Waals surface area contributed by atoms with Gasteiger partial charge in [-0.1, -0.05) is 30.3 Å². The minimum atomic E-state index is -0.526. The van der Waals surface area contributed by atoms with E-state index in [2.05, 4.69) is 12.1 Å². The molecule has 1 aromatic rings. The topological polar surface area (TPSA) is 46.5 Å². The van der Waals surface area contributed by atoms with Gasteiger partial charge in [0.05, 0.1) is 12.5 Å². The quantitative estimate of drug-likeness (QED) is 0.788. The van der Waals surface area contributed by atoms with Crippen LogP contribution in [0.15, 0.2) is 30.3 Å². The molecule has 2 rings (SSSR count). The van der Waals surface area contributed by atoms with Gasteiger partial charge in [-0.15, -0.1) is 0 Å². The van der Waals surface area contributed by atoms with E-state index in [-0.39, 0.29) is 18.5 Å². The van der Waals surface area contributed by atoms with Crippen molar-refractivity contribution < 1.29 is 14.6 Å². The van der Waals surface area contributed by atoms with E-state index < -0.39 is 6.10 Å². The summed E-state index contributed by atoms with van der Waals surface area (Å²) in [6, 6.07) is 10.1. The zero-order valence-electron chi connectivity index (χ0n) is 9.13. The van der Waals surface area contributed by atoms with Crippen LogP contribution in [0.1, 0.15) is 24.8 Å². The number of benzene rings is 1. The summed E-state index contributed by atoms with van der Waals surface area (Å²) >= 11 is 0. The zero-order chi connectivity index (χ0) is 11.4. The number of aryl methyl sites for hydroxylation is 1. The molecular weight excluding hydrogens is 204 g/mol. The molecule has 0 aliphatic carbocycles. The van der Waals surface area contributed by atoms with Crippen LogP contribution in [-0.4, -0.2) is 23.3 Å². The van der Waals surface area contributed by atoms with Gasteiger partial charge < -0.3 is 9.84 Å². The average Bonchev–Trinajstić information content (AvgIpc) is 2.27. The third kappa shape index (κ3) is 3.07. The second kappa shape index (κ2) is 5.12. The highest BCUT2D eigenvalue weighted by Crippen LogP contribution is 2.19. The number of aliphatic hydroxyl groups excluding tert-OH is 1. The molecule has 0 bridgehead atoms. The molecule has 3 nitrogen and oxygen atoms in total. The summed E-state index contributed by atoms with van der Waals surface area (Å²) in [4.78, 5) is 11.1. The van der Waals surface area contributed by atoms with E-state index in [9.17, 15) is 9.90 Å². The summed E-state index contributed by atoms with van der Waals surface area (Å²) in [5, 5.41) is 9.45. The number of carbonyl (C=O) groups excluding carboxylic acids is 1. The predicted octanol–water partition coefficient (Wildman–Crippen LogP) is 1.69. The van der Waals surface area contributed by atoms with Crippen LogP contribution in [-0.2, 0) is 16.0 Å². The molecule has 16 heavy (non-hydrogen) atoms. The molecule has 1 saturated heterocycles. The lowest BCUT2D eigenvalue weighted by atomic mass is 9.99. The summed E-state index contributed by atoms with van der Waals surface area (Å²) in [6.45, 7) is 0. The Labute approximate surface area is 95.0 Å². The Hall–Kier alpha value is -1.35. The van der Waals surface area contributed by atoms with Gasteiger partial charge in [0.1, 0.15) is 6.10 Å². The van der Waals surface area contributed by atoms with Crippen molar-refractivity contribution in [2.75, 3.05) is 0 Å². The Morgan fingerprint density at radius 1 is 1.31 bits per heavy atom. The fourth-order valence-electron chi connectivity index (χ4n) is 2.01. The van der Waals surface area contributed by atoms with Crippen LogP contribution < -0.4 is 0 Å². The van der Waals surface area contributed by atoms with Gasteiger partial charge in [-0.3, -0.25) is 4.79 Å². The van der Waals surface area contributed by atoms with Gasteiger partial charge in [0.2, 0.25) is 0 Å². The van der Waals surface area contributed by atoms with Gasteiger partial charge >= 0.3 is 5.97 Å². The number of aliphatic hydroxyl groups is 1. The number of ether oxygens (including phenoxy) is 1. The van der Waals surface area contributed by atoms with E-state index in [0.29, 0.717) is 6.42 Å². The number of esters is 1. The monoisotopic (exact) mass is 220 g/mol. The van der Waals surface area contributed by atoms with Crippen molar-refractivity contribution in [3.63, 3.8) is 0 Å². The smallest absolute Gasteiger partial charge is 0.308 e. The van der Waals surface area contributed by atoms with Gasteiger partial charge in [-0.05, 0) is 18.4 Å². The Kier molecular flexibility index (Phi) is 3.57. The highest BCUT2D eigenvalue weighted by atomic mass is 16.5. The maximum absolute atomic E-state index is 11.1. The molecule has 0 unspecified atom stereocenters. The second-order valence-electron chi connectivity index (χ2n) is 4.23. The number of rotatable bonds is 3. The predicted molar refractivity (Wildman–Crippen MR) is 59.9 cm³/mol. The standard InChI is InChI=1S/C13H16O3/c14-11-8-12(16-13(15)9-11)7-6-10-4-2-1-3-5-10/h1-5,11-12,14H,6-9H2/t11-,12-/m1/s1. The van der Waals surface area contributed by atoms with Crippen molar-refractivity contribution in [2.24, 2.45) is 0 Å². The van der Waals surface area contributed by atoms with E-state index >= 15 is 0 Å². The minimum absolute atomic E-state index is 0.128. The SMILES string of the molecule is O=C1C[C@H](O)C[C@@H](CCc2ccccc2)O1. The Morgan fingerprint density at radius 3 is 2.75 bits per heavy atom. The lowest BCUT2D eigenvalue weighted by Crippen LogP contribution is -2.32. The van der Waals surface area contributed by atoms with E-state index in [1.165, 1.54) is 5.56 Å². The molecule has 1 aliphatic rings. The fraction of sp³-hybridized carbons (Fsp3) is 0.462. The summed E-state index contributed by atoms with van der Waals surface area (Å²) in [5.41, 5.74) is 1.23. The van der Waals surface area contributed by atoms with E-state index in [1.807, 2.05) is 18.2 Å². The molecule has 0 spiro atoms. The van der Waals surface area contributed by atoms with Crippen molar-refractivity contribution in [3.05, 3.63) is 35.9 Å². The summed E-state index contributed by atoms with van der Waals surface area (Å²) in [6.07, 6.45) is 1.72. The molecule has 1 heterocycles. The van der Waals surface area contributed by atoms with Gasteiger partial charge in [0.25, 0.3) is 0 Å². The van der Waals surface area contributed by atoms with E-state index in [4.69, 9.17) is 4.74 Å². The highest BCUT2D eigenvalue weighted by Gasteiger charge is 2.26. The van der Waals surface area contributed by atoms with Gasteiger partial charge in [-0.25, -0.2) is 0 Å². The molecule has 1 aliphatic heterocycles. The first-order chi connectivity index (χ1) is 7.74. The summed E-state index contributed by atoms with van der Waals surface area (Å²) in [5.74, 6) is -0.281. The van der Waals surface area contributed by atoms with Crippen molar-refractivity contribution in [3.8, 4) is 0 Å². The lowest BCUT2D eigenvalue weighted by molar-refractivity contribution is -0.160. The summed E-state index contributed by atoms with van der Waals surface area (Å²) < 4.78 is 5.18. The van der Waals surface area contributed by atoms with Crippen LogP contribution in [0.5, 0.6) is 0 Å². The maximum atomic E-state index is 11.1. The van der Waals surface area contributed by atoms with Crippen molar-refractivity contribution in [1.82, 2.24) is 0 Å². The minimum Gasteiger partial charge on any atom is -0.462 e. The Morgan fingerprint density at radius 2 is 2.06 bits per heavy atom. The van der Waals surface area contributed by atoms with Crippen LogP contribution >= 0.6 is 0 Å². The van der Waals surface area contributed by atoms with Crippen LogP contribution in [0.4, 0.5) is 0 Å². The molecule has 86 valence electrons. The highest BCUT2D eigenvalue weighted by molar-refractivity contribution is 5.70. The third-order valence-electron chi connectivity index (χ3n) is 2.83. The lowest BCUT2D eigenvalue weighted by Gasteiger charge is -2.25. The molecule has 3 heteroatoms. The molecule has 0 saturated carbocycles. The number of hydrogen-bond donors (Lipinski definition) is 1. The molecule has 2 atom stereocenters. The zero-order valence-corrected chi connectivity index (χ0v) is 9.13. The number of hydrogen-bond acceptors (Lipinski definition) is 3. The third-order valence-corrected chi connectivity index (χ3v) is 2.83. The van der Waals surface area contributed by atoms with Crippen molar-refractivity contribution in [1.29, 1.82) is 0 Å². The molecule has 1 fully saturated rings. The van der Waals surface area contributed by atoms with Gasteiger partial charge in [-0.2, -0.15) is 0 Å². The first-order valence-corrected chi connectivity index (χ1v) is 5.65. The molecule has 1 aromatic carbocycles. The fourth-order valence-corrected chi connectivity index (χ4v) is 2.01. The normalized spacial score (nSPS) is 25.2. The van der Waals surface area contributed by atoms with Crippen molar-refractivity contribution in [2.45, 2.75) is 37.9 Å². The van der Waals surface area contributed by atoms with Crippen molar-refractivity contribution >= 4 is 5.97 Å². The molecule has 1 N–H and O–H groups in total. The van der Waals surface area contributed by atoms with Gasteiger partial charge in [0.15, 0.2) is 0 Å². The maximum Gasteiger partial charge on any atom is 0.308 e. The first kappa shape index (κ1) is 11.1. The largest absolute Gasteiger partial charge is 0.462 e. The molecule has 0 aromatic heterocycles. The summed E-state index contributed by atoms with van der Waals surface area (Å²) in [7, 11) is 0. The average molecular weight is 220 g/mol. The van der Waals surface area contributed by atoms with E-state index in [0.717, 1.165) is 12.8 Å². The van der Waals surface area contributed by atoms with Gasteiger partial charge in [0, 0.05) is 6.42 Å². The first-order valence-electron chi connectivity index (χ1n) is 5.65. The second-order valence-corrected chi connectivity index (χ2v) is 4.23. The van der Waals surface area contributed by atoms with Crippen LogP contribution in [0, 0.1) is 0 Å². The number of cyclic esters (lactones) is 1. The Bertz CT molecular complexity index is 347. The van der Waals surface area contributed by atoms with E-state index in [1.54, 1.807) is 0 Å². The molecule has 0 amide bonds. The molecule has 0 radical (unpaired) electrons. The van der Waals surface area contributed by atoms with Crippen LogP contribution in [0.25, 0.3) is 0 Å².